The zero-order valence-electron chi connectivity index (χ0n) is 11.3. The maximum Gasteiger partial charge on any atom is 0.0890 e. The molecule has 2 aliphatic rings. The second-order valence-electron chi connectivity index (χ2n) is 6.42. The van der Waals surface area contributed by atoms with E-state index in [2.05, 4.69) is 60.7 Å². The molecule has 2 aliphatic carbocycles. The van der Waals surface area contributed by atoms with Crippen molar-refractivity contribution in [3.8, 4) is 0 Å². The molecule has 98 valence electrons. The maximum atomic E-state index is 4.99. The van der Waals surface area contributed by atoms with Crippen molar-refractivity contribution in [3.05, 3.63) is 35.7 Å². The van der Waals surface area contributed by atoms with Crippen molar-refractivity contribution in [2.45, 2.75) is 38.0 Å². The van der Waals surface area contributed by atoms with Gasteiger partial charge >= 0.3 is 0 Å². The van der Waals surface area contributed by atoms with Crippen molar-refractivity contribution in [1.29, 1.82) is 0 Å². The Morgan fingerprint density at radius 1 is 1.21 bits per heavy atom. The molecule has 1 fully saturated rings. The molecule has 19 heavy (non-hydrogen) atoms. The van der Waals surface area contributed by atoms with Gasteiger partial charge in [0.2, 0.25) is 0 Å². The number of aromatic nitrogens is 2. The fraction of sp³-hybridized carbons (Fsp3) is 0.500. The Kier molecular flexibility index (Phi) is 2.34. The Bertz CT molecular complexity index is 684. The third-order valence-electron chi connectivity index (χ3n) is 5.69. The normalized spacial score (nSPS) is 35.8. The Hall–Kier alpha value is -0.710. The quantitative estimate of drug-likeness (QED) is 0.559. The number of nitrogens with zero attached hydrogens (tertiary/aromatic N) is 2. The molecule has 0 amide bonds. The number of fused-ring (bicyclic) bond motifs is 6. The second kappa shape index (κ2) is 3.68. The molecule has 3 atom stereocenters. The lowest BCUT2D eigenvalue weighted by atomic mass is 9.70. The molecule has 0 radical (unpaired) electrons. The van der Waals surface area contributed by atoms with E-state index in [1.807, 2.05) is 0 Å². The minimum Gasteiger partial charge on any atom is -0.249 e. The largest absolute Gasteiger partial charge is 0.249 e. The molecule has 0 unspecified atom stereocenters. The number of halogens is 1. The van der Waals surface area contributed by atoms with Gasteiger partial charge in [0.05, 0.1) is 22.4 Å². The number of alkyl halides is 1. The third kappa shape index (κ3) is 1.28. The van der Waals surface area contributed by atoms with Gasteiger partial charge in [0.15, 0.2) is 0 Å². The van der Waals surface area contributed by atoms with Crippen LogP contribution in [0.25, 0.3) is 11.0 Å². The summed E-state index contributed by atoms with van der Waals surface area (Å²) in [4.78, 5) is 9.95. The van der Waals surface area contributed by atoms with Crippen LogP contribution in [-0.2, 0) is 5.41 Å². The topological polar surface area (TPSA) is 25.8 Å². The van der Waals surface area contributed by atoms with Crippen LogP contribution in [0.3, 0.4) is 0 Å². The van der Waals surface area contributed by atoms with Gasteiger partial charge in [0.1, 0.15) is 0 Å². The summed E-state index contributed by atoms with van der Waals surface area (Å²) in [5, 5.41) is 0. The number of rotatable bonds is 1. The van der Waals surface area contributed by atoms with Crippen molar-refractivity contribution in [3.63, 3.8) is 0 Å². The summed E-state index contributed by atoms with van der Waals surface area (Å²) >= 11 is 2.55. The molecule has 0 N–H and O–H groups in total. The zero-order chi connectivity index (χ0) is 13.3. The summed E-state index contributed by atoms with van der Waals surface area (Å²) in [5.74, 6) is 0.599. The SMILES string of the molecule is C[C@]12CC[C@H](c3nc4ccccc4nc31)[C@@]2(C)CI. The standard InChI is InChI=1S/C16H17IN2/c1-15-8-7-10(16(15,2)9-17)13-14(15)19-12-6-4-3-5-11(12)18-13/h3-6,10H,7-9H2,1-2H3/t10-,15+,16-/m1/s1. The van der Waals surface area contributed by atoms with E-state index in [0.717, 1.165) is 11.0 Å². The maximum absolute atomic E-state index is 4.99. The van der Waals surface area contributed by atoms with Gasteiger partial charge in [-0.1, -0.05) is 48.6 Å². The molecule has 2 aromatic rings. The van der Waals surface area contributed by atoms with Crippen LogP contribution < -0.4 is 0 Å². The molecule has 0 aliphatic heterocycles. The van der Waals surface area contributed by atoms with E-state index >= 15 is 0 Å². The summed E-state index contributed by atoms with van der Waals surface area (Å²) in [6.07, 6.45) is 2.53. The highest BCUT2D eigenvalue weighted by molar-refractivity contribution is 14.1. The number of para-hydroxylation sites is 2. The molecule has 1 aromatic carbocycles. The van der Waals surface area contributed by atoms with Gasteiger partial charge in [-0.05, 0) is 30.4 Å². The van der Waals surface area contributed by atoms with Crippen molar-refractivity contribution in [1.82, 2.24) is 9.97 Å². The van der Waals surface area contributed by atoms with E-state index in [0.29, 0.717) is 11.3 Å². The average Bonchev–Trinajstić information content (AvgIpc) is 2.80. The Morgan fingerprint density at radius 2 is 1.89 bits per heavy atom. The number of hydrogen-bond acceptors (Lipinski definition) is 2. The van der Waals surface area contributed by atoms with Crippen molar-refractivity contribution in [2.75, 3.05) is 4.43 Å². The van der Waals surface area contributed by atoms with Crippen molar-refractivity contribution in [2.24, 2.45) is 5.41 Å². The lowest BCUT2D eigenvalue weighted by Gasteiger charge is -2.36. The molecule has 0 spiro atoms. The number of hydrogen-bond donors (Lipinski definition) is 0. The predicted octanol–water partition coefficient (Wildman–Crippen LogP) is 4.22. The van der Waals surface area contributed by atoms with Gasteiger partial charge in [0.25, 0.3) is 0 Å². The molecule has 1 saturated carbocycles. The van der Waals surface area contributed by atoms with Crippen LogP contribution >= 0.6 is 22.6 Å². The minimum atomic E-state index is 0.214. The second-order valence-corrected chi connectivity index (χ2v) is 7.18. The summed E-state index contributed by atoms with van der Waals surface area (Å²) in [5.41, 5.74) is 5.20. The lowest BCUT2D eigenvalue weighted by molar-refractivity contribution is 0.239. The lowest BCUT2D eigenvalue weighted by Crippen LogP contribution is -2.36. The highest BCUT2D eigenvalue weighted by Crippen LogP contribution is 2.67. The van der Waals surface area contributed by atoms with Gasteiger partial charge in [-0.3, -0.25) is 0 Å². The van der Waals surface area contributed by atoms with Crippen molar-refractivity contribution < 1.29 is 0 Å². The van der Waals surface area contributed by atoms with Crippen LogP contribution in [0.4, 0.5) is 0 Å². The van der Waals surface area contributed by atoms with E-state index in [9.17, 15) is 0 Å². The Labute approximate surface area is 127 Å². The van der Waals surface area contributed by atoms with Crippen LogP contribution in [0.1, 0.15) is 44.0 Å². The molecule has 3 heteroatoms. The Balaban J connectivity index is 2.05. The molecule has 2 bridgehead atoms. The van der Waals surface area contributed by atoms with Crippen LogP contribution in [0.5, 0.6) is 0 Å². The smallest absolute Gasteiger partial charge is 0.0890 e. The first-order valence-corrected chi connectivity index (χ1v) is 8.46. The van der Waals surface area contributed by atoms with E-state index in [-0.39, 0.29) is 5.41 Å². The fourth-order valence-electron chi connectivity index (χ4n) is 4.15. The van der Waals surface area contributed by atoms with Crippen LogP contribution in [0.2, 0.25) is 0 Å². The highest BCUT2D eigenvalue weighted by atomic mass is 127. The minimum absolute atomic E-state index is 0.214. The van der Waals surface area contributed by atoms with Crippen LogP contribution in [0.15, 0.2) is 24.3 Å². The van der Waals surface area contributed by atoms with Crippen LogP contribution in [-0.4, -0.2) is 14.4 Å². The van der Waals surface area contributed by atoms with E-state index < -0.39 is 0 Å². The predicted molar refractivity (Wildman–Crippen MR) is 85.9 cm³/mol. The first-order valence-electron chi connectivity index (χ1n) is 6.93. The summed E-state index contributed by atoms with van der Waals surface area (Å²) < 4.78 is 1.18. The monoisotopic (exact) mass is 364 g/mol. The molecule has 1 heterocycles. The zero-order valence-corrected chi connectivity index (χ0v) is 13.4. The molecule has 1 aromatic heterocycles. The van der Waals surface area contributed by atoms with Gasteiger partial charge in [0, 0.05) is 15.8 Å². The van der Waals surface area contributed by atoms with Crippen LogP contribution in [0, 0.1) is 5.41 Å². The fourth-order valence-corrected chi connectivity index (χ4v) is 5.53. The average molecular weight is 364 g/mol. The van der Waals surface area contributed by atoms with Gasteiger partial charge in [-0.2, -0.15) is 0 Å². The van der Waals surface area contributed by atoms with E-state index in [1.165, 1.54) is 28.7 Å². The van der Waals surface area contributed by atoms with Gasteiger partial charge < -0.3 is 0 Å². The highest BCUT2D eigenvalue weighted by Gasteiger charge is 2.63. The van der Waals surface area contributed by atoms with Gasteiger partial charge in [-0.25, -0.2) is 9.97 Å². The molecule has 2 nitrogen and oxygen atoms in total. The third-order valence-corrected chi connectivity index (χ3v) is 7.28. The summed E-state index contributed by atoms with van der Waals surface area (Å²) in [7, 11) is 0. The molecule has 4 rings (SSSR count). The number of benzene rings is 1. The molecule has 0 saturated heterocycles. The first kappa shape index (κ1) is 12.1. The van der Waals surface area contributed by atoms with Crippen molar-refractivity contribution >= 4 is 33.6 Å². The first-order chi connectivity index (χ1) is 9.10. The Morgan fingerprint density at radius 3 is 2.58 bits per heavy atom. The molecular formula is C16H17IN2. The van der Waals surface area contributed by atoms with Gasteiger partial charge in [-0.15, -0.1) is 0 Å². The molecular weight excluding hydrogens is 347 g/mol. The summed E-state index contributed by atoms with van der Waals surface area (Å²) in [6, 6.07) is 8.27. The summed E-state index contributed by atoms with van der Waals surface area (Å²) in [6.45, 7) is 4.84. The van der Waals surface area contributed by atoms with E-state index in [4.69, 9.17) is 9.97 Å². The van der Waals surface area contributed by atoms with E-state index in [1.54, 1.807) is 0 Å².